The first-order chi connectivity index (χ1) is 12.6. The van der Waals surface area contributed by atoms with Crippen LogP contribution in [-0.4, -0.2) is 28.8 Å². The number of hydrogen-bond donors (Lipinski definition) is 1. The molecule has 0 aliphatic rings. The minimum absolute atomic E-state index is 0.0666. The first-order valence-electron chi connectivity index (χ1n) is 7.74. The van der Waals surface area contributed by atoms with Gasteiger partial charge < -0.3 is 10.1 Å². The summed E-state index contributed by atoms with van der Waals surface area (Å²) in [6, 6.07) is 17.8. The summed E-state index contributed by atoms with van der Waals surface area (Å²) < 4.78 is 5.81. The highest BCUT2D eigenvalue weighted by atomic mass is 16.5. The quantitative estimate of drug-likeness (QED) is 0.730. The average molecular weight is 349 g/mol. The molecule has 0 fully saturated rings. The van der Waals surface area contributed by atoms with Crippen LogP contribution in [0.3, 0.4) is 0 Å². The summed E-state index contributed by atoms with van der Waals surface area (Å²) in [5, 5.41) is 6.76. The van der Waals surface area contributed by atoms with Gasteiger partial charge in [0.25, 0.3) is 11.5 Å². The summed E-state index contributed by atoms with van der Waals surface area (Å²) in [5.41, 5.74) is 1.00. The van der Waals surface area contributed by atoms with Gasteiger partial charge in [-0.15, -0.1) is 0 Å². The van der Waals surface area contributed by atoms with Gasteiger partial charge in [-0.25, -0.2) is 4.79 Å². The SMILES string of the molecule is COC(=O)c1cccc(NC(=O)c2ccc(=O)n(-c3ccccc3)n2)c1. The van der Waals surface area contributed by atoms with E-state index >= 15 is 0 Å². The van der Waals surface area contributed by atoms with Gasteiger partial charge in [0.15, 0.2) is 0 Å². The van der Waals surface area contributed by atoms with Gasteiger partial charge in [0.05, 0.1) is 18.4 Å². The van der Waals surface area contributed by atoms with Gasteiger partial charge in [-0.05, 0) is 36.4 Å². The van der Waals surface area contributed by atoms with Crippen LogP contribution in [-0.2, 0) is 4.74 Å². The number of carbonyl (C=O) groups excluding carboxylic acids is 2. The largest absolute Gasteiger partial charge is 0.465 e. The summed E-state index contributed by atoms with van der Waals surface area (Å²) >= 11 is 0. The molecule has 7 nitrogen and oxygen atoms in total. The number of ether oxygens (including phenoxy) is 1. The van der Waals surface area contributed by atoms with Crippen molar-refractivity contribution >= 4 is 17.6 Å². The summed E-state index contributed by atoms with van der Waals surface area (Å²) in [6.45, 7) is 0. The van der Waals surface area contributed by atoms with E-state index in [2.05, 4.69) is 15.2 Å². The smallest absolute Gasteiger partial charge is 0.337 e. The van der Waals surface area contributed by atoms with Gasteiger partial charge in [-0.3, -0.25) is 9.59 Å². The Morgan fingerprint density at radius 2 is 1.77 bits per heavy atom. The lowest BCUT2D eigenvalue weighted by atomic mass is 10.2. The molecule has 0 spiro atoms. The lowest BCUT2D eigenvalue weighted by molar-refractivity contribution is 0.0600. The molecule has 0 bridgehead atoms. The maximum atomic E-state index is 12.5. The third-order valence-electron chi connectivity index (χ3n) is 3.58. The van der Waals surface area contributed by atoms with Gasteiger partial charge in [-0.1, -0.05) is 24.3 Å². The van der Waals surface area contributed by atoms with E-state index in [-0.39, 0.29) is 11.3 Å². The Morgan fingerprint density at radius 1 is 1.00 bits per heavy atom. The first kappa shape index (κ1) is 17.1. The number of amides is 1. The third-order valence-corrected chi connectivity index (χ3v) is 3.58. The summed E-state index contributed by atoms with van der Waals surface area (Å²) in [7, 11) is 1.28. The molecule has 0 aliphatic heterocycles. The number of anilines is 1. The predicted octanol–water partition coefficient (Wildman–Crippen LogP) is 2.27. The normalized spacial score (nSPS) is 10.2. The average Bonchev–Trinajstić information content (AvgIpc) is 2.68. The van der Waals surface area contributed by atoms with Crippen molar-refractivity contribution < 1.29 is 14.3 Å². The Bertz CT molecular complexity index is 1010. The van der Waals surface area contributed by atoms with Crippen LogP contribution in [0.2, 0.25) is 0 Å². The zero-order chi connectivity index (χ0) is 18.5. The molecule has 3 rings (SSSR count). The van der Waals surface area contributed by atoms with E-state index < -0.39 is 11.9 Å². The number of aromatic nitrogens is 2. The molecule has 1 N–H and O–H groups in total. The predicted molar refractivity (Wildman–Crippen MR) is 95.6 cm³/mol. The zero-order valence-corrected chi connectivity index (χ0v) is 13.9. The Balaban J connectivity index is 1.87. The van der Waals surface area contributed by atoms with Gasteiger partial charge in [-0.2, -0.15) is 9.78 Å². The zero-order valence-electron chi connectivity index (χ0n) is 13.9. The van der Waals surface area contributed by atoms with Crippen molar-refractivity contribution in [3.8, 4) is 5.69 Å². The second-order valence-electron chi connectivity index (χ2n) is 5.33. The number of para-hydroxylation sites is 1. The fourth-order valence-corrected chi connectivity index (χ4v) is 2.32. The lowest BCUT2D eigenvalue weighted by Crippen LogP contribution is -2.24. The Morgan fingerprint density at radius 3 is 2.50 bits per heavy atom. The van der Waals surface area contributed by atoms with Crippen molar-refractivity contribution in [3.63, 3.8) is 0 Å². The van der Waals surface area contributed by atoms with Gasteiger partial charge in [0, 0.05) is 11.8 Å². The molecule has 0 atom stereocenters. The van der Waals surface area contributed by atoms with Crippen molar-refractivity contribution in [3.05, 3.63) is 88.3 Å². The van der Waals surface area contributed by atoms with Gasteiger partial charge in [0.1, 0.15) is 5.69 Å². The third kappa shape index (κ3) is 3.67. The fraction of sp³-hybridized carbons (Fsp3) is 0.0526. The van der Waals surface area contributed by atoms with Crippen molar-refractivity contribution in [2.75, 3.05) is 12.4 Å². The topological polar surface area (TPSA) is 90.3 Å². The van der Waals surface area contributed by atoms with Crippen LogP contribution in [0.5, 0.6) is 0 Å². The van der Waals surface area contributed by atoms with E-state index in [1.165, 1.54) is 25.3 Å². The number of nitrogens with one attached hydrogen (secondary N) is 1. The minimum Gasteiger partial charge on any atom is -0.465 e. The molecule has 1 amide bonds. The molecule has 7 heteroatoms. The van der Waals surface area contributed by atoms with Gasteiger partial charge >= 0.3 is 5.97 Å². The number of rotatable bonds is 4. The number of nitrogens with zero attached hydrogens (tertiary/aromatic N) is 2. The Labute approximate surface area is 148 Å². The first-order valence-corrected chi connectivity index (χ1v) is 7.74. The molecule has 0 saturated carbocycles. The van der Waals surface area contributed by atoms with Crippen LogP contribution < -0.4 is 10.9 Å². The van der Waals surface area contributed by atoms with E-state index in [1.54, 1.807) is 42.5 Å². The number of methoxy groups -OCH3 is 1. The highest BCUT2D eigenvalue weighted by Crippen LogP contribution is 2.13. The second-order valence-corrected chi connectivity index (χ2v) is 5.33. The number of benzene rings is 2. The van der Waals surface area contributed by atoms with Crippen LogP contribution in [0.25, 0.3) is 5.69 Å². The molecule has 130 valence electrons. The molecule has 0 radical (unpaired) electrons. The summed E-state index contributed by atoms with van der Waals surface area (Å²) in [5.74, 6) is -1.01. The molecular weight excluding hydrogens is 334 g/mol. The van der Waals surface area contributed by atoms with Crippen LogP contribution in [0.4, 0.5) is 5.69 Å². The lowest BCUT2D eigenvalue weighted by Gasteiger charge is -2.08. The van der Waals surface area contributed by atoms with Crippen LogP contribution >= 0.6 is 0 Å². The highest BCUT2D eigenvalue weighted by molar-refractivity contribution is 6.03. The molecule has 0 unspecified atom stereocenters. The number of carbonyl (C=O) groups is 2. The highest BCUT2D eigenvalue weighted by Gasteiger charge is 2.12. The van der Waals surface area contributed by atoms with E-state index in [1.807, 2.05) is 6.07 Å². The number of hydrogen-bond acceptors (Lipinski definition) is 5. The molecule has 1 heterocycles. The Kier molecular flexibility index (Phi) is 4.89. The van der Waals surface area contributed by atoms with Gasteiger partial charge in [0.2, 0.25) is 0 Å². The van der Waals surface area contributed by atoms with E-state index in [4.69, 9.17) is 0 Å². The second kappa shape index (κ2) is 7.43. The molecule has 3 aromatic rings. The van der Waals surface area contributed by atoms with E-state index in [0.717, 1.165) is 4.68 Å². The number of esters is 1. The molecule has 0 aliphatic carbocycles. The van der Waals surface area contributed by atoms with E-state index in [0.29, 0.717) is 16.9 Å². The van der Waals surface area contributed by atoms with Crippen molar-refractivity contribution in [2.24, 2.45) is 0 Å². The molecule has 26 heavy (non-hydrogen) atoms. The van der Waals surface area contributed by atoms with E-state index in [9.17, 15) is 14.4 Å². The molecule has 1 aromatic heterocycles. The van der Waals surface area contributed by atoms with Crippen LogP contribution in [0.15, 0.2) is 71.5 Å². The van der Waals surface area contributed by atoms with Crippen LogP contribution in [0.1, 0.15) is 20.8 Å². The molecular formula is C19H15N3O4. The standard InChI is InChI=1S/C19H15N3O4/c1-26-19(25)13-6-5-7-14(12-13)20-18(24)16-10-11-17(23)22(21-16)15-8-3-2-4-9-15/h2-12H,1H3,(H,20,24). The summed E-state index contributed by atoms with van der Waals surface area (Å²) in [6.07, 6.45) is 0. The van der Waals surface area contributed by atoms with Crippen molar-refractivity contribution in [2.45, 2.75) is 0 Å². The van der Waals surface area contributed by atoms with Crippen molar-refractivity contribution in [1.82, 2.24) is 9.78 Å². The Hall–Kier alpha value is -3.74. The maximum Gasteiger partial charge on any atom is 0.337 e. The minimum atomic E-state index is -0.503. The molecule has 2 aromatic carbocycles. The fourth-order valence-electron chi connectivity index (χ4n) is 2.32. The van der Waals surface area contributed by atoms with Crippen LogP contribution in [0, 0.1) is 0 Å². The summed E-state index contributed by atoms with van der Waals surface area (Å²) in [4.78, 5) is 36.1. The molecule has 0 saturated heterocycles. The maximum absolute atomic E-state index is 12.5. The van der Waals surface area contributed by atoms with Crippen molar-refractivity contribution in [1.29, 1.82) is 0 Å². The monoisotopic (exact) mass is 349 g/mol.